The zero-order valence-electron chi connectivity index (χ0n) is 6.79. The fourth-order valence-electron chi connectivity index (χ4n) is 2.61. The Morgan fingerprint density at radius 3 is 2.82 bits per heavy atom. The minimum Gasteiger partial charge on any atom is -0.411 e. The molecule has 2 atom stereocenters. The molecule has 0 bridgehead atoms. The highest BCUT2D eigenvalue weighted by molar-refractivity contribution is 5.84. The van der Waals surface area contributed by atoms with Crippen LogP contribution >= 0.6 is 0 Å². The van der Waals surface area contributed by atoms with Crippen LogP contribution in [-0.2, 0) is 0 Å². The van der Waals surface area contributed by atoms with E-state index in [1.165, 1.54) is 25.7 Å². The van der Waals surface area contributed by atoms with Crippen LogP contribution in [0.25, 0.3) is 0 Å². The fourth-order valence-corrected chi connectivity index (χ4v) is 2.61. The van der Waals surface area contributed by atoms with Crippen LogP contribution in [0.15, 0.2) is 5.16 Å². The van der Waals surface area contributed by atoms with Gasteiger partial charge in [0.15, 0.2) is 0 Å². The molecule has 2 heteroatoms. The van der Waals surface area contributed by atoms with Crippen molar-refractivity contribution in [3.8, 4) is 0 Å². The van der Waals surface area contributed by atoms with E-state index in [0.717, 1.165) is 30.4 Å². The summed E-state index contributed by atoms with van der Waals surface area (Å²) in [5, 5.41) is 11.9. The predicted octanol–water partition coefficient (Wildman–Crippen LogP) is 2.42. The first kappa shape index (κ1) is 7.14. The minimum absolute atomic E-state index is 0.856. The lowest BCUT2D eigenvalue weighted by Gasteiger charge is -2.25. The van der Waals surface area contributed by atoms with E-state index in [1.807, 2.05) is 0 Å². The molecule has 2 nitrogen and oxygen atoms in total. The first-order valence-corrected chi connectivity index (χ1v) is 4.60. The van der Waals surface area contributed by atoms with Gasteiger partial charge in [-0.1, -0.05) is 18.0 Å². The molecule has 2 rings (SSSR count). The standard InChI is InChI=1S/C9H15NO/c11-10-9-5-4-7-2-1-3-8(7)6-9/h7-8,11H,1-6H2/b10-9+/t7-,8-/m0/s1. The molecule has 0 aromatic heterocycles. The number of hydrogen-bond donors (Lipinski definition) is 1. The second-order valence-electron chi connectivity index (χ2n) is 3.86. The van der Waals surface area contributed by atoms with E-state index in [4.69, 9.17) is 5.21 Å². The van der Waals surface area contributed by atoms with Gasteiger partial charge in [-0.2, -0.15) is 0 Å². The molecule has 0 unspecified atom stereocenters. The van der Waals surface area contributed by atoms with Gasteiger partial charge < -0.3 is 5.21 Å². The van der Waals surface area contributed by atoms with E-state index >= 15 is 0 Å². The Bertz CT molecular complexity index is 176. The Morgan fingerprint density at radius 1 is 1.18 bits per heavy atom. The van der Waals surface area contributed by atoms with Gasteiger partial charge in [0.05, 0.1) is 5.71 Å². The summed E-state index contributed by atoms with van der Waals surface area (Å²) in [6.07, 6.45) is 7.56. The Balaban J connectivity index is 2.02. The molecule has 2 aliphatic rings. The average Bonchev–Trinajstić information content (AvgIpc) is 2.50. The van der Waals surface area contributed by atoms with Crippen molar-refractivity contribution in [2.45, 2.75) is 38.5 Å². The fraction of sp³-hybridized carbons (Fsp3) is 0.889. The normalized spacial score (nSPS) is 40.9. The van der Waals surface area contributed by atoms with Gasteiger partial charge in [-0.05, 0) is 37.5 Å². The molecule has 0 amide bonds. The van der Waals surface area contributed by atoms with E-state index in [2.05, 4.69) is 5.16 Å². The van der Waals surface area contributed by atoms with Crippen molar-refractivity contribution in [1.29, 1.82) is 0 Å². The molecule has 0 aromatic rings. The van der Waals surface area contributed by atoms with Gasteiger partial charge in [-0.3, -0.25) is 0 Å². The Hall–Kier alpha value is -0.530. The summed E-state index contributed by atoms with van der Waals surface area (Å²) in [5.41, 5.74) is 1.04. The SMILES string of the molecule is O/N=C1\CC[C@@H]2CCC[C@H]2C1. The van der Waals surface area contributed by atoms with Gasteiger partial charge in [-0.25, -0.2) is 0 Å². The highest BCUT2D eigenvalue weighted by atomic mass is 16.4. The smallest absolute Gasteiger partial charge is 0.0573 e. The highest BCUT2D eigenvalue weighted by Gasteiger charge is 2.31. The lowest BCUT2D eigenvalue weighted by atomic mass is 9.81. The maximum atomic E-state index is 8.60. The third-order valence-electron chi connectivity index (χ3n) is 3.26. The third kappa shape index (κ3) is 1.26. The summed E-state index contributed by atoms with van der Waals surface area (Å²) in [5.74, 6) is 1.81. The largest absolute Gasteiger partial charge is 0.411 e. The van der Waals surface area contributed by atoms with Crippen molar-refractivity contribution in [1.82, 2.24) is 0 Å². The van der Waals surface area contributed by atoms with Gasteiger partial charge >= 0.3 is 0 Å². The van der Waals surface area contributed by atoms with Crippen LogP contribution in [-0.4, -0.2) is 10.9 Å². The lowest BCUT2D eigenvalue weighted by Crippen LogP contribution is -2.20. The van der Waals surface area contributed by atoms with Crippen LogP contribution in [0.2, 0.25) is 0 Å². The molecular formula is C9H15NO. The van der Waals surface area contributed by atoms with Crippen molar-refractivity contribution in [3.63, 3.8) is 0 Å². The molecule has 0 aliphatic heterocycles. The number of fused-ring (bicyclic) bond motifs is 1. The molecule has 0 radical (unpaired) electrons. The zero-order chi connectivity index (χ0) is 7.68. The first-order chi connectivity index (χ1) is 5.40. The topological polar surface area (TPSA) is 32.6 Å². The summed E-state index contributed by atoms with van der Waals surface area (Å²) >= 11 is 0. The van der Waals surface area contributed by atoms with E-state index in [0.29, 0.717) is 0 Å². The van der Waals surface area contributed by atoms with Crippen LogP contribution in [0.1, 0.15) is 38.5 Å². The quantitative estimate of drug-likeness (QED) is 0.420. The lowest BCUT2D eigenvalue weighted by molar-refractivity contribution is 0.298. The Kier molecular flexibility index (Phi) is 1.84. The second kappa shape index (κ2) is 2.84. The van der Waals surface area contributed by atoms with Crippen LogP contribution in [0.5, 0.6) is 0 Å². The molecule has 2 saturated carbocycles. The van der Waals surface area contributed by atoms with Gasteiger partial charge in [0.1, 0.15) is 0 Å². The number of rotatable bonds is 0. The van der Waals surface area contributed by atoms with E-state index in [1.54, 1.807) is 0 Å². The number of oxime groups is 1. The summed E-state index contributed by atoms with van der Waals surface area (Å²) < 4.78 is 0. The molecule has 0 spiro atoms. The summed E-state index contributed by atoms with van der Waals surface area (Å²) in [4.78, 5) is 0. The van der Waals surface area contributed by atoms with Gasteiger partial charge in [0.25, 0.3) is 0 Å². The molecule has 2 fully saturated rings. The Morgan fingerprint density at radius 2 is 2.00 bits per heavy atom. The van der Waals surface area contributed by atoms with E-state index in [9.17, 15) is 0 Å². The molecule has 2 aliphatic carbocycles. The van der Waals surface area contributed by atoms with Crippen LogP contribution in [0.3, 0.4) is 0 Å². The monoisotopic (exact) mass is 153 g/mol. The van der Waals surface area contributed by atoms with E-state index in [-0.39, 0.29) is 0 Å². The van der Waals surface area contributed by atoms with Crippen molar-refractivity contribution >= 4 is 5.71 Å². The minimum atomic E-state index is 0.856. The zero-order valence-corrected chi connectivity index (χ0v) is 6.79. The molecular weight excluding hydrogens is 138 g/mol. The molecule has 62 valence electrons. The number of hydrogen-bond acceptors (Lipinski definition) is 2. The summed E-state index contributed by atoms with van der Waals surface area (Å²) in [6.45, 7) is 0. The van der Waals surface area contributed by atoms with Crippen LogP contribution < -0.4 is 0 Å². The summed E-state index contributed by atoms with van der Waals surface area (Å²) in [6, 6.07) is 0. The molecule has 1 N–H and O–H groups in total. The van der Waals surface area contributed by atoms with Crippen LogP contribution in [0, 0.1) is 11.8 Å². The molecule has 11 heavy (non-hydrogen) atoms. The predicted molar refractivity (Wildman–Crippen MR) is 43.9 cm³/mol. The maximum absolute atomic E-state index is 8.60. The maximum Gasteiger partial charge on any atom is 0.0573 e. The van der Waals surface area contributed by atoms with Crippen molar-refractivity contribution in [2.75, 3.05) is 0 Å². The van der Waals surface area contributed by atoms with Gasteiger partial charge in [-0.15, -0.1) is 0 Å². The number of nitrogens with zero attached hydrogens (tertiary/aromatic N) is 1. The van der Waals surface area contributed by atoms with Gasteiger partial charge in [0, 0.05) is 0 Å². The first-order valence-electron chi connectivity index (χ1n) is 4.60. The average molecular weight is 153 g/mol. The molecule has 0 heterocycles. The summed E-state index contributed by atoms with van der Waals surface area (Å²) in [7, 11) is 0. The van der Waals surface area contributed by atoms with Crippen molar-refractivity contribution < 1.29 is 5.21 Å². The Labute approximate surface area is 67.3 Å². The van der Waals surface area contributed by atoms with Crippen molar-refractivity contribution in [2.24, 2.45) is 17.0 Å². The molecule has 0 saturated heterocycles. The third-order valence-corrected chi connectivity index (χ3v) is 3.26. The second-order valence-corrected chi connectivity index (χ2v) is 3.86. The van der Waals surface area contributed by atoms with Gasteiger partial charge in [0.2, 0.25) is 0 Å². The van der Waals surface area contributed by atoms with E-state index < -0.39 is 0 Å². The van der Waals surface area contributed by atoms with Crippen molar-refractivity contribution in [3.05, 3.63) is 0 Å². The van der Waals surface area contributed by atoms with Crippen LogP contribution in [0.4, 0.5) is 0 Å². The highest BCUT2D eigenvalue weighted by Crippen LogP contribution is 2.40. The molecule has 0 aromatic carbocycles.